The monoisotopic (exact) mass is 297 g/mol. The molecular weight excluding hydrogens is 274 g/mol. The van der Waals surface area contributed by atoms with Gasteiger partial charge in [0.15, 0.2) is 0 Å². The highest BCUT2D eigenvalue weighted by Gasteiger charge is 2.54. The van der Waals surface area contributed by atoms with Gasteiger partial charge in [-0.15, -0.1) is 12.4 Å². The van der Waals surface area contributed by atoms with Crippen LogP contribution in [0.5, 0.6) is 5.75 Å². The topological polar surface area (TPSA) is 66.5 Å². The second-order valence-electron chi connectivity index (χ2n) is 6.20. The van der Waals surface area contributed by atoms with E-state index in [1.54, 1.807) is 6.07 Å². The molecule has 0 bridgehead atoms. The van der Waals surface area contributed by atoms with Crippen LogP contribution in [0.15, 0.2) is 18.2 Å². The molecule has 0 heterocycles. The third-order valence-corrected chi connectivity index (χ3v) is 5.32. The number of fused-ring (bicyclic) bond motifs is 3. The molecule has 2 atom stereocenters. The zero-order valence-corrected chi connectivity index (χ0v) is 12.6. The van der Waals surface area contributed by atoms with Crippen LogP contribution in [0.2, 0.25) is 0 Å². The quantitative estimate of drug-likeness (QED) is 0.786. The van der Waals surface area contributed by atoms with Crippen molar-refractivity contribution in [2.45, 2.75) is 56.0 Å². The van der Waals surface area contributed by atoms with E-state index in [2.05, 4.69) is 0 Å². The number of halogens is 1. The van der Waals surface area contributed by atoms with Crippen LogP contribution in [0.1, 0.15) is 49.7 Å². The molecule has 1 aromatic carbocycles. The summed E-state index contributed by atoms with van der Waals surface area (Å²) in [6.07, 6.45) is 6.61. The summed E-state index contributed by atoms with van der Waals surface area (Å²) in [5, 5.41) is 21.0. The summed E-state index contributed by atoms with van der Waals surface area (Å²) in [5.41, 5.74) is 7.38. The van der Waals surface area contributed by atoms with Crippen molar-refractivity contribution >= 4 is 12.4 Å². The van der Waals surface area contributed by atoms with E-state index >= 15 is 0 Å². The van der Waals surface area contributed by atoms with Gasteiger partial charge in [-0.25, -0.2) is 0 Å². The molecule has 0 unspecified atom stereocenters. The molecule has 20 heavy (non-hydrogen) atoms. The second kappa shape index (κ2) is 5.55. The lowest BCUT2D eigenvalue weighted by Gasteiger charge is -2.54. The average molecular weight is 298 g/mol. The first-order chi connectivity index (χ1) is 9.11. The van der Waals surface area contributed by atoms with E-state index in [0.29, 0.717) is 12.3 Å². The molecule has 3 rings (SSSR count). The fourth-order valence-electron chi connectivity index (χ4n) is 4.37. The normalized spacial score (nSPS) is 31.9. The number of benzene rings is 1. The Morgan fingerprint density at radius 2 is 1.90 bits per heavy atom. The number of rotatable bonds is 2. The molecular formula is C16H24ClNO2. The summed E-state index contributed by atoms with van der Waals surface area (Å²) >= 11 is 0. The number of aliphatic hydroxyl groups is 1. The molecule has 1 fully saturated rings. The molecule has 3 nitrogen and oxygen atoms in total. The molecule has 0 amide bonds. The average Bonchev–Trinajstić information content (AvgIpc) is 2.40. The van der Waals surface area contributed by atoms with Gasteiger partial charge in [-0.1, -0.05) is 18.9 Å². The highest BCUT2D eigenvalue weighted by Crippen LogP contribution is 2.54. The van der Waals surface area contributed by atoms with Gasteiger partial charge in [-0.05, 0) is 61.9 Å². The van der Waals surface area contributed by atoms with Gasteiger partial charge in [0.25, 0.3) is 0 Å². The molecule has 2 aliphatic carbocycles. The fourth-order valence-corrected chi connectivity index (χ4v) is 4.37. The number of hydrogen-bond donors (Lipinski definition) is 3. The first-order valence-electron chi connectivity index (χ1n) is 7.36. The van der Waals surface area contributed by atoms with Crippen molar-refractivity contribution in [3.8, 4) is 5.75 Å². The van der Waals surface area contributed by atoms with Crippen molar-refractivity contribution in [2.24, 2.45) is 5.73 Å². The number of aryl methyl sites for hydroxylation is 1. The smallest absolute Gasteiger partial charge is 0.115 e. The Morgan fingerprint density at radius 3 is 2.65 bits per heavy atom. The van der Waals surface area contributed by atoms with Crippen molar-refractivity contribution in [2.75, 3.05) is 6.54 Å². The van der Waals surface area contributed by atoms with E-state index in [1.165, 1.54) is 5.56 Å². The van der Waals surface area contributed by atoms with Crippen molar-refractivity contribution < 1.29 is 10.2 Å². The predicted molar refractivity (Wildman–Crippen MR) is 82.4 cm³/mol. The summed E-state index contributed by atoms with van der Waals surface area (Å²) in [6.45, 7) is 0.581. The molecule has 1 aromatic rings. The van der Waals surface area contributed by atoms with Crippen molar-refractivity contribution in [1.82, 2.24) is 0 Å². The van der Waals surface area contributed by atoms with Gasteiger partial charge in [0.1, 0.15) is 5.75 Å². The Morgan fingerprint density at radius 1 is 1.15 bits per heavy atom. The molecule has 2 aliphatic rings. The molecule has 112 valence electrons. The maximum absolute atomic E-state index is 11.2. The molecule has 0 spiro atoms. The minimum absolute atomic E-state index is 0. The zero-order valence-electron chi connectivity index (χ0n) is 11.8. The maximum atomic E-state index is 11.2. The number of phenols is 1. The van der Waals surface area contributed by atoms with E-state index in [9.17, 15) is 10.2 Å². The Bertz CT molecular complexity index is 489. The van der Waals surface area contributed by atoms with E-state index in [-0.39, 0.29) is 17.8 Å². The van der Waals surface area contributed by atoms with Crippen molar-refractivity contribution in [3.05, 3.63) is 29.3 Å². The Hall–Kier alpha value is -0.770. The van der Waals surface area contributed by atoms with E-state index in [1.807, 2.05) is 12.1 Å². The van der Waals surface area contributed by atoms with E-state index in [0.717, 1.165) is 50.5 Å². The molecule has 0 aromatic heterocycles. The van der Waals surface area contributed by atoms with Gasteiger partial charge in [0.2, 0.25) is 0 Å². The Balaban J connectivity index is 0.00000147. The van der Waals surface area contributed by atoms with Gasteiger partial charge in [-0.2, -0.15) is 0 Å². The lowest BCUT2D eigenvalue weighted by atomic mass is 9.53. The van der Waals surface area contributed by atoms with Gasteiger partial charge in [-0.3, -0.25) is 0 Å². The molecule has 0 saturated heterocycles. The first kappa shape index (κ1) is 15.6. The minimum Gasteiger partial charge on any atom is -0.508 e. The SMILES string of the molecule is Cl.NCC[C@@]12CCCC[C@]1(O)CCc1ccc(O)cc12. The number of nitrogens with two attached hydrogens (primary N) is 1. The molecule has 1 saturated carbocycles. The maximum Gasteiger partial charge on any atom is 0.115 e. The van der Waals surface area contributed by atoms with Crippen molar-refractivity contribution in [3.63, 3.8) is 0 Å². The summed E-state index contributed by atoms with van der Waals surface area (Å²) in [7, 11) is 0. The second-order valence-corrected chi connectivity index (χ2v) is 6.20. The van der Waals surface area contributed by atoms with Gasteiger partial charge in [0.05, 0.1) is 5.60 Å². The van der Waals surface area contributed by atoms with Crippen LogP contribution in [0.3, 0.4) is 0 Å². The van der Waals surface area contributed by atoms with Gasteiger partial charge >= 0.3 is 0 Å². The molecule has 0 aliphatic heterocycles. The van der Waals surface area contributed by atoms with Crippen LogP contribution in [0.4, 0.5) is 0 Å². The van der Waals surface area contributed by atoms with Gasteiger partial charge in [0, 0.05) is 5.41 Å². The van der Waals surface area contributed by atoms with Crippen LogP contribution in [0.25, 0.3) is 0 Å². The Labute approximate surface area is 126 Å². The standard InChI is InChI=1S/C16H23NO2.ClH/c17-10-9-15-6-1-2-7-16(15,19)8-5-12-3-4-13(18)11-14(12)15;/h3-4,11,18-19H,1-2,5-10,17H2;1H/t15-,16+;/m1./s1. The fraction of sp³-hybridized carbons (Fsp3) is 0.625. The predicted octanol–water partition coefficient (Wildman–Crippen LogP) is 2.65. The van der Waals surface area contributed by atoms with Crippen LogP contribution in [-0.4, -0.2) is 22.4 Å². The minimum atomic E-state index is -0.634. The molecule has 4 N–H and O–H groups in total. The summed E-state index contributed by atoms with van der Waals surface area (Å²) in [5.74, 6) is 0.296. The molecule has 4 heteroatoms. The van der Waals surface area contributed by atoms with Crippen LogP contribution >= 0.6 is 12.4 Å². The largest absolute Gasteiger partial charge is 0.508 e. The lowest BCUT2D eigenvalue weighted by Crippen LogP contribution is -2.57. The number of aromatic hydroxyl groups is 1. The van der Waals surface area contributed by atoms with Crippen LogP contribution in [0, 0.1) is 0 Å². The first-order valence-corrected chi connectivity index (χ1v) is 7.36. The zero-order chi connectivity index (χ0) is 13.5. The summed E-state index contributed by atoms with van der Waals surface area (Å²) in [4.78, 5) is 0. The van der Waals surface area contributed by atoms with Gasteiger partial charge < -0.3 is 15.9 Å². The third kappa shape index (κ3) is 2.12. The van der Waals surface area contributed by atoms with E-state index < -0.39 is 5.60 Å². The third-order valence-electron chi connectivity index (χ3n) is 5.32. The highest BCUT2D eigenvalue weighted by atomic mass is 35.5. The number of hydrogen-bond acceptors (Lipinski definition) is 3. The van der Waals surface area contributed by atoms with Crippen LogP contribution in [-0.2, 0) is 11.8 Å². The van der Waals surface area contributed by atoms with E-state index in [4.69, 9.17) is 5.73 Å². The number of phenolic OH excluding ortho intramolecular Hbond substituents is 1. The highest BCUT2D eigenvalue weighted by molar-refractivity contribution is 5.85. The summed E-state index contributed by atoms with van der Waals surface area (Å²) < 4.78 is 0. The Kier molecular flexibility index (Phi) is 4.33. The lowest BCUT2D eigenvalue weighted by molar-refractivity contribution is -0.0862. The molecule has 0 radical (unpaired) electrons. The van der Waals surface area contributed by atoms with Crippen LogP contribution < -0.4 is 5.73 Å². The summed E-state index contributed by atoms with van der Waals surface area (Å²) in [6, 6.07) is 5.62. The van der Waals surface area contributed by atoms with Crippen molar-refractivity contribution in [1.29, 1.82) is 0 Å².